The minimum absolute atomic E-state index is 0.00897. The molecule has 4 unspecified atom stereocenters. The first kappa shape index (κ1) is 46.9. The maximum atomic E-state index is 13.5. The predicted octanol–water partition coefficient (Wildman–Crippen LogP) is 3.41. The molecule has 4 aliphatic rings. The van der Waals surface area contributed by atoms with Crippen molar-refractivity contribution in [2.24, 2.45) is 5.73 Å². The van der Waals surface area contributed by atoms with E-state index in [-0.39, 0.29) is 41.1 Å². The SMILES string of the molecule is CN(C)c1ccc2c(-c3cccc(C(=O)NCCCCCNC(=O)C(N)CCCCCNC(=O)CCCCC4SCC5NC(=O)NC54)c3C(=O)[O-])c3ccc(=[N+](C)C)cc-3oc2c1. The van der Waals surface area contributed by atoms with Crippen LogP contribution in [0.5, 0.6) is 0 Å². The van der Waals surface area contributed by atoms with Crippen LogP contribution in [0.2, 0.25) is 0 Å². The van der Waals surface area contributed by atoms with Gasteiger partial charge in [-0.1, -0.05) is 31.4 Å². The van der Waals surface area contributed by atoms with Gasteiger partial charge in [0.1, 0.15) is 25.4 Å². The van der Waals surface area contributed by atoms with Crippen LogP contribution in [0.25, 0.3) is 33.4 Å². The quantitative estimate of drug-likeness (QED) is 0.0293. The summed E-state index contributed by atoms with van der Waals surface area (Å²) >= 11 is 1.89. The molecule has 2 aromatic carbocycles. The number of benzene rings is 3. The Morgan fingerprint density at radius 1 is 0.889 bits per heavy atom. The highest BCUT2D eigenvalue weighted by Gasteiger charge is 2.42. The van der Waals surface area contributed by atoms with E-state index in [9.17, 15) is 29.1 Å². The summed E-state index contributed by atoms with van der Waals surface area (Å²) in [4.78, 5) is 64.7. The van der Waals surface area contributed by atoms with Gasteiger partial charge in [-0.2, -0.15) is 11.8 Å². The van der Waals surface area contributed by atoms with Crippen LogP contribution in [0.15, 0.2) is 59.0 Å². The minimum Gasteiger partial charge on any atom is -0.545 e. The largest absolute Gasteiger partial charge is 0.545 e. The molecule has 3 heterocycles. The lowest BCUT2D eigenvalue weighted by molar-refractivity contribution is -0.255. The third-order valence-electron chi connectivity index (χ3n) is 11.9. The molecule has 16 heteroatoms. The maximum absolute atomic E-state index is 13.5. The molecule has 5 amide bonds. The fraction of sp³-hybridized carbons (Fsp3) is 0.489. The zero-order valence-electron chi connectivity index (χ0n) is 36.8. The van der Waals surface area contributed by atoms with E-state index in [1.165, 1.54) is 6.07 Å². The fourth-order valence-corrected chi connectivity index (χ4v) is 9.88. The number of hydrogen-bond acceptors (Lipinski definition) is 10. The number of urea groups is 1. The van der Waals surface area contributed by atoms with Crippen LogP contribution in [0.1, 0.15) is 91.3 Å². The maximum Gasteiger partial charge on any atom is 0.315 e. The van der Waals surface area contributed by atoms with E-state index in [0.29, 0.717) is 84.0 Å². The number of unbranched alkanes of at least 4 members (excludes halogenated alkanes) is 5. The molecular formula is C47H62N8O7S. The van der Waals surface area contributed by atoms with Crippen LogP contribution < -0.4 is 52.3 Å². The molecule has 0 saturated carbocycles. The standard InChI is InChI=1S/C47H62N8O7S/c1-54(2)29-19-21-31-37(26-29)62-38-27-30(55(3)4)20-22-32(38)41(31)33-14-13-15-34(42(33)46(59)60)44(57)50-24-11-6-12-25-51-45(58)35(48)16-7-5-10-23-49-40(56)18-9-8-17-39-43-36(28-63-39)52-47(61)53-43/h13-15,19-22,26-27,35-36,39,43H,5-12,16-18,23-25,28,48H2,1-4H3,(H5-,49,50,51,52,53,56,57,58,59,60,61). The molecule has 0 spiro atoms. The summed E-state index contributed by atoms with van der Waals surface area (Å²) in [6.07, 6.45) is 8.31. The summed E-state index contributed by atoms with van der Waals surface area (Å²) in [5.74, 6) is -0.607. The van der Waals surface area contributed by atoms with Crippen molar-refractivity contribution in [3.63, 3.8) is 0 Å². The lowest BCUT2D eigenvalue weighted by Crippen LogP contribution is -2.40. The van der Waals surface area contributed by atoms with Crippen LogP contribution in [-0.2, 0) is 9.59 Å². The second-order valence-electron chi connectivity index (χ2n) is 16.9. The van der Waals surface area contributed by atoms with Gasteiger partial charge in [0, 0.05) is 96.6 Å². The normalized spacial score (nSPS) is 17.2. The molecule has 15 nitrogen and oxygen atoms in total. The van der Waals surface area contributed by atoms with Crippen molar-refractivity contribution in [2.45, 2.75) is 94.0 Å². The predicted molar refractivity (Wildman–Crippen MR) is 247 cm³/mol. The number of anilines is 1. The van der Waals surface area contributed by atoms with Crippen LogP contribution in [-0.4, -0.2) is 107 Å². The average Bonchev–Trinajstić information content (AvgIpc) is 3.82. The average molecular weight is 883 g/mol. The molecule has 3 aliphatic heterocycles. The molecule has 4 atom stereocenters. The molecule has 0 radical (unpaired) electrons. The summed E-state index contributed by atoms with van der Waals surface area (Å²) in [6.45, 7) is 1.37. The van der Waals surface area contributed by atoms with E-state index in [2.05, 4.69) is 26.6 Å². The highest BCUT2D eigenvalue weighted by atomic mass is 32.2. The number of carbonyl (C=O) groups excluding carboxylic acids is 5. The molecule has 1 aliphatic carbocycles. The number of carboxylic acids is 1. The van der Waals surface area contributed by atoms with E-state index in [1.807, 2.05) is 85.8 Å². The van der Waals surface area contributed by atoms with E-state index in [4.69, 9.17) is 10.2 Å². The Hall–Kier alpha value is -5.61. The van der Waals surface area contributed by atoms with Crippen LogP contribution in [0.4, 0.5) is 10.5 Å². The number of fused-ring (bicyclic) bond motifs is 3. The van der Waals surface area contributed by atoms with Crippen molar-refractivity contribution in [3.8, 4) is 22.5 Å². The zero-order chi connectivity index (χ0) is 45.0. The number of hydrogen-bond donors (Lipinski definition) is 6. The van der Waals surface area contributed by atoms with E-state index in [1.54, 1.807) is 12.1 Å². The molecule has 2 aromatic rings. The monoisotopic (exact) mass is 882 g/mol. The van der Waals surface area contributed by atoms with Crippen molar-refractivity contribution < 1.29 is 33.5 Å². The molecular weight excluding hydrogens is 821 g/mol. The Balaban J connectivity index is 0.894. The summed E-state index contributed by atoms with van der Waals surface area (Å²) in [6, 6.07) is 16.1. The van der Waals surface area contributed by atoms with Gasteiger partial charge in [0.05, 0.1) is 30.2 Å². The van der Waals surface area contributed by atoms with Crippen molar-refractivity contribution >= 4 is 58.1 Å². The number of aromatic carboxylic acids is 1. The van der Waals surface area contributed by atoms with Gasteiger partial charge in [0.2, 0.25) is 17.2 Å². The molecule has 0 bridgehead atoms. The van der Waals surface area contributed by atoms with Gasteiger partial charge in [-0.3, -0.25) is 14.4 Å². The first-order valence-corrected chi connectivity index (χ1v) is 23.2. The smallest absolute Gasteiger partial charge is 0.315 e. The summed E-state index contributed by atoms with van der Waals surface area (Å²) in [5.41, 5.74) is 9.13. The van der Waals surface area contributed by atoms with Crippen molar-refractivity contribution in [2.75, 3.05) is 58.5 Å². The van der Waals surface area contributed by atoms with Crippen LogP contribution in [0, 0.1) is 0 Å². The number of amides is 5. The second kappa shape index (κ2) is 22.1. The Labute approximate surface area is 373 Å². The highest BCUT2D eigenvalue weighted by molar-refractivity contribution is 8.00. The lowest BCUT2D eigenvalue weighted by atomic mass is 9.88. The Morgan fingerprint density at radius 2 is 1.63 bits per heavy atom. The van der Waals surface area contributed by atoms with Crippen molar-refractivity contribution in [1.82, 2.24) is 31.2 Å². The molecule has 7 N–H and O–H groups in total. The molecule has 63 heavy (non-hydrogen) atoms. The van der Waals surface area contributed by atoms with Gasteiger partial charge in [-0.15, -0.1) is 0 Å². The first-order chi connectivity index (χ1) is 30.3. The van der Waals surface area contributed by atoms with Gasteiger partial charge in [-0.05, 0) is 74.8 Å². The molecule has 6 rings (SSSR count). The van der Waals surface area contributed by atoms with Gasteiger partial charge < -0.3 is 51.5 Å². The highest BCUT2D eigenvalue weighted by Crippen LogP contribution is 2.42. The van der Waals surface area contributed by atoms with Gasteiger partial charge in [0.15, 0.2) is 0 Å². The fourth-order valence-electron chi connectivity index (χ4n) is 8.34. The number of carbonyl (C=O) groups is 5. The summed E-state index contributed by atoms with van der Waals surface area (Å²) in [7, 11) is 7.73. The second-order valence-corrected chi connectivity index (χ2v) is 18.2. The number of nitrogens with zero attached hydrogens (tertiary/aromatic N) is 2. The Morgan fingerprint density at radius 3 is 2.38 bits per heavy atom. The lowest BCUT2D eigenvalue weighted by Gasteiger charge is -2.21. The number of carboxylic acid groups (broad SMARTS) is 1. The molecule has 0 aromatic heterocycles. The van der Waals surface area contributed by atoms with Crippen molar-refractivity contribution in [1.29, 1.82) is 0 Å². The van der Waals surface area contributed by atoms with Gasteiger partial charge >= 0.3 is 6.03 Å². The number of rotatable bonds is 22. The van der Waals surface area contributed by atoms with Crippen LogP contribution in [0.3, 0.4) is 0 Å². The Bertz CT molecular complexity index is 2330. The number of nitrogens with one attached hydrogen (secondary N) is 5. The molecule has 338 valence electrons. The summed E-state index contributed by atoms with van der Waals surface area (Å²) in [5, 5.41) is 29.6. The topological polar surface area (TPSA) is 214 Å². The van der Waals surface area contributed by atoms with E-state index < -0.39 is 17.9 Å². The molecule has 2 saturated heterocycles. The van der Waals surface area contributed by atoms with Gasteiger partial charge in [0.25, 0.3) is 5.91 Å². The Kier molecular flexibility index (Phi) is 16.5. The third-order valence-corrected chi connectivity index (χ3v) is 13.4. The van der Waals surface area contributed by atoms with Gasteiger partial charge in [-0.25, -0.2) is 9.37 Å². The first-order valence-electron chi connectivity index (χ1n) is 22.1. The van der Waals surface area contributed by atoms with Crippen LogP contribution >= 0.6 is 11.8 Å². The molecule has 2 fully saturated rings. The van der Waals surface area contributed by atoms with E-state index >= 15 is 0 Å². The zero-order valence-corrected chi connectivity index (χ0v) is 37.7. The van der Waals surface area contributed by atoms with E-state index in [0.717, 1.165) is 61.7 Å². The number of thioether (sulfide) groups is 1. The van der Waals surface area contributed by atoms with Crippen molar-refractivity contribution in [3.05, 3.63) is 71.1 Å². The summed E-state index contributed by atoms with van der Waals surface area (Å²) < 4.78 is 8.36. The number of nitrogens with two attached hydrogens (primary N) is 1. The third kappa shape index (κ3) is 12.1. The minimum atomic E-state index is -1.46.